The van der Waals surface area contributed by atoms with Gasteiger partial charge in [-0.3, -0.25) is 0 Å². The molecule has 2 fully saturated rings. The van der Waals surface area contributed by atoms with Gasteiger partial charge >= 0.3 is 0 Å². The third-order valence-corrected chi connectivity index (χ3v) is 5.00. The zero-order chi connectivity index (χ0) is 12.2. The molecular weight excluding hydrogens is 222 g/mol. The van der Waals surface area contributed by atoms with Crippen LogP contribution in [0.5, 0.6) is 0 Å². The second kappa shape index (κ2) is 6.21. The molecule has 2 saturated carbocycles. The molecule has 0 heterocycles. The van der Waals surface area contributed by atoms with Gasteiger partial charge in [0.2, 0.25) is 0 Å². The van der Waals surface area contributed by atoms with E-state index in [-0.39, 0.29) is 0 Å². The molecule has 3 rings (SSSR count). The first kappa shape index (κ1) is 12.7. The maximum atomic E-state index is 5.95. The average Bonchev–Trinajstić information content (AvgIpc) is 2.76. The lowest BCUT2D eigenvalue weighted by Gasteiger charge is -2.40. The highest BCUT2D eigenvalue weighted by atomic mass is 16.5. The number of hydrogen-bond acceptors (Lipinski definition) is 2. The summed E-state index contributed by atoms with van der Waals surface area (Å²) in [6.07, 6.45) is 16.0. The first-order chi connectivity index (χ1) is 8.93. The second-order valence-electron chi connectivity index (χ2n) is 6.28. The van der Waals surface area contributed by atoms with Gasteiger partial charge in [0, 0.05) is 12.6 Å². The van der Waals surface area contributed by atoms with Crippen molar-refractivity contribution in [3.63, 3.8) is 0 Å². The predicted octanol–water partition coefficient (Wildman–Crippen LogP) is 3.28. The lowest BCUT2D eigenvalue weighted by molar-refractivity contribution is 0.0261. The number of fused-ring (bicyclic) bond motifs is 1. The van der Waals surface area contributed by atoms with E-state index in [0.717, 1.165) is 31.0 Å². The van der Waals surface area contributed by atoms with Crippen molar-refractivity contribution in [2.45, 2.75) is 63.5 Å². The molecule has 1 N–H and O–H groups in total. The van der Waals surface area contributed by atoms with Crippen molar-refractivity contribution in [3.05, 3.63) is 12.2 Å². The van der Waals surface area contributed by atoms with Gasteiger partial charge in [0.25, 0.3) is 0 Å². The molecule has 0 saturated heterocycles. The molecule has 3 unspecified atom stereocenters. The van der Waals surface area contributed by atoms with Crippen molar-refractivity contribution < 1.29 is 4.74 Å². The van der Waals surface area contributed by atoms with Crippen molar-refractivity contribution in [3.8, 4) is 0 Å². The summed E-state index contributed by atoms with van der Waals surface area (Å²) in [5.74, 6) is 1.82. The normalized spacial score (nSPS) is 35.4. The molecule has 0 aromatic heterocycles. The molecule has 0 aromatic rings. The zero-order valence-electron chi connectivity index (χ0n) is 11.4. The van der Waals surface area contributed by atoms with Gasteiger partial charge in [-0.1, -0.05) is 31.4 Å². The minimum atomic E-state index is 0.574. The smallest absolute Gasteiger partial charge is 0.0575 e. The van der Waals surface area contributed by atoms with Crippen LogP contribution in [-0.4, -0.2) is 25.3 Å². The van der Waals surface area contributed by atoms with Crippen LogP contribution in [0.25, 0.3) is 0 Å². The van der Waals surface area contributed by atoms with E-state index in [4.69, 9.17) is 4.74 Å². The van der Waals surface area contributed by atoms with Crippen molar-refractivity contribution in [2.24, 2.45) is 11.8 Å². The predicted molar refractivity (Wildman–Crippen MR) is 74.6 cm³/mol. The van der Waals surface area contributed by atoms with Gasteiger partial charge < -0.3 is 10.1 Å². The van der Waals surface area contributed by atoms with Gasteiger partial charge in [-0.25, -0.2) is 0 Å². The molecule has 0 aliphatic heterocycles. The Labute approximate surface area is 111 Å². The molecule has 0 amide bonds. The van der Waals surface area contributed by atoms with Crippen LogP contribution < -0.4 is 5.32 Å². The molecule has 0 radical (unpaired) electrons. The van der Waals surface area contributed by atoms with Gasteiger partial charge in [-0.05, 0) is 50.5 Å². The quantitative estimate of drug-likeness (QED) is 0.576. The lowest BCUT2D eigenvalue weighted by atomic mass is 9.71. The van der Waals surface area contributed by atoms with E-state index in [1.165, 1.54) is 51.4 Å². The van der Waals surface area contributed by atoms with Crippen molar-refractivity contribution >= 4 is 0 Å². The molecule has 0 bridgehead atoms. The molecular formula is C16H27NO. The molecule has 2 heteroatoms. The van der Waals surface area contributed by atoms with Gasteiger partial charge in [-0.2, -0.15) is 0 Å². The van der Waals surface area contributed by atoms with Gasteiger partial charge in [0.15, 0.2) is 0 Å². The second-order valence-corrected chi connectivity index (χ2v) is 6.28. The minimum Gasteiger partial charge on any atom is -0.378 e. The summed E-state index contributed by atoms with van der Waals surface area (Å²) in [4.78, 5) is 0. The molecule has 3 aliphatic carbocycles. The SMILES string of the molecule is C1=CC2C(C1)CC2NCCCOC1CCCCC1. The summed E-state index contributed by atoms with van der Waals surface area (Å²) in [5.41, 5.74) is 0. The summed E-state index contributed by atoms with van der Waals surface area (Å²) in [6, 6.07) is 0.767. The number of nitrogens with one attached hydrogen (secondary N) is 1. The van der Waals surface area contributed by atoms with Crippen molar-refractivity contribution in [2.75, 3.05) is 13.2 Å². The van der Waals surface area contributed by atoms with Crippen LogP contribution >= 0.6 is 0 Å². The molecule has 0 spiro atoms. The van der Waals surface area contributed by atoms with Crippen LogP contribution in [0.1, 0.15) is 51.4 Å². The maximum Gasteiger partial charge on any atom is 0.0575 e. The highest BCUT2D eigenvalue weighted by Crippen LogP contribution is 2.42. The molecule has 18 heavy (non-hydrogen) atoms. The molecule has 3 aliphatic rings. The van der Waals surface area contributed by atoms with E-state index in [9.17, 15) is 0 Å². The van der Waals surface area contributed by atoms with E-state index in [1.54, 1.807) is 0 Å². The standard InChI is InChI=1S/C16H27NO/c1-2-7-14(8-3-1)18-11-5-10-17-16-12-13-6-4-9-15(13)16/h4,9,13-17H,1-3,5-8,10-12H2. The molecule has 2 nitrogen and oxygen atoms in total. The summed E-state index contributed by atoms with van der Waals surface area (Å²) in [7, 11) is 0. The topological polar surface area (TPSA) is 21.3 Å². The summed E-state index contributed by atoms with van der Waals surface area (Å²) in [6.45, 7) is 2.09. The first-order valence-electron chi connectivity index (χ1n) is 7.95. The first-order valence-corrected chi connectivity index (χ1v) is 7.95. The Hall–Kier alpha value is -0.340. The number of rotatable bonds is 6. The third-order valence-electron chi connectivity index (χ3n) is 5.00. The Bertz CT molecular complexity index is 283. The van der Waals surface area contributed by atoms with Crippen molar-refractivity contribution in [1.82, 2.24) is 5.32 Å². The molecule has 102 valence electrons. The van der Waals surface area contributed by atoms with E-state index in [0.29, 0.717) is 6.10 Å². The Morgan fingerprint density at radius 1 is 1.17 bits per heavy atom. The highest BCUT2D eigenvalue weighted by molar-refractivity contribution is 5.12. The molecule has 3 atom stereocenters. The lowest BCUT2D eigenvalue weighted by Crippen LogP contribution is -2.48. The summed E-state index contributed by atoms with van der Waals surface area (Å²) >= 11 is 0. The Balaban J connectivity index is 1.22. The van der Waals surface area contributed by atoms with Crippen LogP contribution in [0, 0.1) is 11.8 Å². The van der Waals surface area contributed by atoms with E-state index < -0.39 is 0 Å². The van der Waals surface area contributed by atoms with E-state index in [2.05, 4.69) is 17.5 Å². The van der Waals surface area contributed by atoms with Gasteiger partial charge in [-0.15, -0.1) is 0 Å². The van der Waals surface area contributed by atoms with Crippen LogP contribution in [0.4, 0.5) is 0 Å². The van der Waals surface area contributed by atoms with Gasteiger partial charge in [0.05, 0.1) is 6.10 Å². The van der Waals surface area contributed by atoms with Crippen LogP contribution in [-0.2, 0) is 4.74 Å². The monoisotopic (exact) mass is 249 g/mol. The highest BCUT2D eigenvalue weighted by Gasteiger charge is 2.40. The Kier molecular flexibility index (Phi) is 4.37. The fourth-order valence-corrected chi connectivity index (χ4v) is 3.79. The average molecular weight is 249 g/mol. The minimum absolute atomic E-state index is 0.574. The molecule has 0 aromatic carbocycles. The maximum absolute atomic E-state index is 5.95. The Morgan fingerprint density at radius 3 is 2.89 bits per heavy atom. The zero-order valence-corrected chi connectivity index (χ0v) is 11.4. The number of ether oxygens (including phenoxy) is 1. The van der Waals surface area contributed by atoms with E-state index >= 15 is 0 Å². The van der Waals surface area contributed by atoms with Gasteiger partial charge in [0.1, 0.15) is 0 Å². The third kappa shape index (κ3) is 2.97. The van der Waals surface area contributed by atoms with Crippen LogP contribution in [0.3, 0.4) is 0 Å². The van der Waals surface area contributed by atoms with Crippen molar-refractivity contribution in [1.29, 1.82) is 0 Å². The largest absolute Gasteiger partial charge is 0.378 e. The summed E-state index contributed by atoms with van der Waals surface area (Å²) < 4.78 is 5.95. The fourth-order valence-electron chi connectivity index (χ4n) is 3.79. The van der Waals surface area contributed by atoms with Crippen LogP contribution in [0.15, 0.2) is 12.2 Å². The number of hydrogen-bond donors (Lipinski definition) is 1. The number of allylic oxidation sites excluding steroid dienone is 1. The fraction of sp³-hybridized carbons (Fsp3) is 0.875. The Morgan fingerprint density at radius 2 is 2.06 bits per heavy atom. The van der Waals surface area contributed by atoms with Crippen LogP contribution in [0.2, 0.25) is 0 Å². The summed E-state index contributed by atoms with van der Waals surface area (Å²) in [5, 5.41) is 3.70. The van der Waals surface area contributed by atoms with E-state index in [1.807, 2.05) is 0 Å².